The third-order valence-corrected chi connectivity index (χ3v) is 13.8. The van der Waals surface area contributed by atoms with Crippen molar-refractivity contribution in [1.82, 2.24) is 0 Å². The number of rotatable bonds is 6. The van der Waals surface area contributed by atoms with Crippen molar-refractivity contribution in [3.05, 3.63) is 206 Å². The fourth-order valence-corrected chi connectivity index (χ4v) is 11.0. The van der Waals surface area contributed by atoms with E-state index in [1.807, 2.05) is 18.7 Å². The summed E-state index contributed by atoms with van der Waals surface area (Å²) >= 11 is 1.91. The molecule has 0 amide bonds. The molecule has 56 heavy (non-hydrogen) atoms. The highest BCUT2D eigenvalue weighted by Gasteiger charge is 2.46. The molecule has 6 aliphatic rings. The van der Waals surface area contributed by atoms with Crippen molar-refractivity contribution in [1.29, 1.82) is 0 Å². The number of hydrogen-bond acceptors (Lipinski definition) is 2. The predicted octanol–water partition coefficient (Wildman–Crippen LogP) is 15.0. The minimum atomic E-state index is 0.204. The van der Waals surface area contributed by atoms with Crippen LogP contribution in [-0.2, 0) is 0 Å². The number of aryl methyl sites for hydroxylation is 1. The molecular formula is C54H55NS. The van der Waals surface area contributed by atoms with Gasteiger partial charge in [-0.25, -0.2) is 0 Å². The van der Waals surface area contributed by atoms with Crippen LogP contribution in [0.25, 0.3) is 11.1 Å². The van der Waals surface area contributed by atoms with E-state index < -0.39 is 0 Å². The van der Waals surface area contributed by atoms with Gasteiger partial charge in [-0.15, -0.1) is 0 Å². The second kappa shape index (κ2) is 15.9. The maximum Gasteiger partial charge on any atom is 0.0704 e. The van der Waals surface area contributed by atoms with E-state index in [4.69, 9.17) is 4.99 Å². The summed E-state index contributed by atoms with van der Waals surface area (Å²) in [6.07, 6.45) is 29.0. The third kappa shape index (κ3) is 7.37. The summed E-state index contributed by atoms with van der Waals surface area (Å²) in [6.45, 7) is 17.6. The highest BCUT2D eigenvalue weighted by atomic mass is 32.2. The summed E-state index contributed by atoms with van der Waals surface area (Å²) < 4.78 is 0. The molecule has 9 rings (SSSR count). The van der Waals surface area contributed by atoms with E-state index in [0.717, 1.165) is 36.2 Å². The topological polar surface area (TPSA) is 12.4 Å². The molecule has 3 unspecified atom stereocenters. The first-order valence-corrected chi connectivity index (χ1v) is 21.3. The van der Waals surface area contributed by atoms with Gasteiger partial charge in [0.2, 0.25) is 0 Å². The van der Waals surface area contributed by atoms with Crippen molar-refractivity contribution in [2.24, 2.45) is 22.2 Å². The summed E-state index contributed by atoms with van der Waals surface area (Å²) in [7, 11) is 0. The molecule has 3 atom stereocenters. The van der Waals surface area contributed by atoms with Crippen molar-refractivity contribution in [2.75, 3.05) is 0 Å². The van der Waals surface area contributed by atoms with Crippen LogP contribution in [0.4, 0.5) is 0 Å². The fraction of sp³-hybridized carbons (Fsp3) is 0.278. The maximum atomic E-state index is 4.87. The smallest absolute Gasteiger partial charge is 0.0704 e. The molecule has 282 valence electrons. The van der Waals surface area contributed by atoms with E-state index in [1.54, 1.807) is 22.3 Å². The van der Waals surface area contributed by atoms with Gasteiger partial charge in [-0.3, -0.25) is 4.99 Å². The van der Waals surface area contributed by atoms with E-state index in [0.29, 0.717) is 17.8 Å². The van der Waals surface area contributed by atoms with Crippen molar-refractivity contribution in [3.8, 4) is 0 Å². The Labute approximate surface area is 340 Å². The molecule has 2 heteroatoms. The molecule has 1 aliphatic heterocycles. The molecular weight excluding hydrogens is 695 g/mol. The van der Waals surface area contributed by atoms with Gasteiger partial charge in [-0.2, -0.15) is 0 Å². The van der Waals surface area contributed by atoms with E-state index >= 15 is 0 Å². The number of aliphatic imine (C=N–C) groups is 1. The van der Waals surface area contributed by atoms with Crippen LogP contribution >= 0.6 is 11.8 Å². The highest BCUT2D eigenvalue weighted by molar-refractivity contribution is 8.03. The van der Waals surface area contributed by atoms with Gasteiger partial charge in [0.15, 0.2) is 0 Å². The number of nitrogens with zero attached hydrogens (tertiary/aromatic N) is 1. The summed E-state index contributed by atoms with van der Waals surface area (Å²) in [5.74, 6) is 1.31. The van der Waals surface area contributed by atoms with E-state index in [-0.39, 0.29) is 5.41 Å². The normalized spacial score (nSPS) is 23.3. The summed E-state index contributed by atoms with van der Waals surface area (Å²) in [5, 5.41) is 0. The second-order valence-corrected chi connectivity index (χ2v) is 17.9. The molecule has 0 aromatic heterocycles. The van der Waals surface area contributed by atoms with Crippen molar-refractivity contribution in [3.63, 3.8) is 0 Å². The van der Waals surface area contributed by atoms with Crippen molar-refractivity contribution >= 4 is 28.6 Å². The number of hydrogen-bond donors (Lipinski definition) is 0. The number of thioether (sulfide) groups is 1. The van der Waals surface area contributed by atoms with E-state index in [2.05, 4.69) is 175 Å². The van der Waals surface area contributed by atoms with Gasteiger partial charge in [-0.05, 0) is 133 Å². The van der Waals surface area contributed by atoms with Crippen molar-refractivity contribution < 1.29 is 0 Å². The van der Waals surface area contributed by atoms with E-state index in [9.17, 15) is 0 Å². The fourth-order valence-electron chi connectivity index (χ4n) is 9.72. The lowest BCUT2D eigenvalue weighted by molar-refractivity contribution is 0.543. The Balaban J connectivity index is 0.000000168. The van der Waals surface area contributed by atoms with Crippen LogP contribution in [0.5, 0.6) is 0 Å². The van der Waals surface area contributed by atoms with Crippen LogP contribution in [-0.4, -0.2) is 5.71 Å². The summed E-state index contributed by atoms with van der Waals surface area (Å²) in [6, 6.07) is 26.4. The average Bonchev–Trinajstić information content (AvgIpc) is 3.70. The largest absolute Gasteiger partial charge is 0.254 e. The van der Waals surface area contributed by atoms with Gasteiger partial charge in [-0.1, -0.05) is 159 Å². The Morgan fingerprint density at radius 1 is 0.893 bits per heavy atom. The molecule has 1 saturated carbocycles. The lowest BCUT2D eigenvalue weighted by atomic mass is 9.75. The third-order valence-electron chi connectivity index (χ3n) is 12.5. The van der Waals surface area contributed by atoms with Crippen LogP contribution in [0.3, 0.4) is 0 Å². The molecule has 3 aromatic rings. The average molecular weight is 750 g/mol. The maximum absolute atomic E-state index is 4.87. The molecule has 0 radical (unpaired) electrons. The van der Waals surface area contributed by atoms with Gasteiger partial charge in [0.05, 0.1) is 5.71 Å². The Morgan fingerprint density at radius 3 is 2.50 bits per heavy atom. The Kier molecular flexibility index (Phi) is 10.8. The SMILES string of the molecule is C=C(C)N=C(/C=C(\C)C1C=CC=C2Sc3ccccc3C21)c1cccc(C2=CC=CCC2)c1.CC1=C(c2ccccc2C)CC2C3=CCCC=C3C(C)(C)C2=C1. The van der Waals surface area contributed by atoms with Gasteiger partial charge in [0, 0.05) is 39.3 Å². The molecule has 3 aromatic carbocycles. The quantitative estimate of drug-likeness (QED) is 0.229. The molecule has 5 aliphatic carbocycles. The number of benzene rings is 3. The minimum Gasteiger partial charge on any atom is -0.254 e. The first-order valence-electron chi connectivity index (χ1n) is 20.5. The molecule has 0 spiro atoms. The van der Waals surface area contributed by atoms with Gasteiger partial charge in [0.25, 0.3) is 0 Å². The Morgan fingerprint density at radius 2 is 1.70 bits per heavy atom. The lowest BCUT2D eigenvalue weighted by Gasteiger charge is -2.29. The predicted molar refractivity (Wildman–Crippen MR) is 243 cm³/mol. The molecule has 0 N–H and O–H groups in total. The number of fused-ring (bicyclic) bond motifs is 6. The monoisotopic (exact) mass is 749 g/mol. The van der Waals surface area contributed by atoms with Gasteiger partial charge >= 0.3 is 0 Å². The zero-order chi connectivity index (χ0) is 39.0. The molecule has 1 nitrogen and oxygen atoms in total. The van der Waals surface area contributed by atoms with Crippen LogP contribution in [0, 0.1) is 24.2 Å². The molecule has 0 bridgehead atoms. The first-order chi connectivity index (χ1) is 27.1. The highest BCUT2D eigenvalue weighted by Crippen LogP contribution is 2.59. The molecule has 1 heterocycles. The zero-order valence-corrected chi connectivity index (χ0v) is 34.8. The van der Waals surface area contributed by atoms with Crippen LogP contribution in [0.15, 0.2) is 188 Å². The van der Waals surface area contributed by atoms with Gasteiger partial charge in [0.1, 0.15) is 0 Å². The van der Waals surface area contributed by atoms with Crippen LogP contribution < -0.4 is 0 Å². The molecule has 0 saturated heterocycles. The standard InChI is InChI=1S/C31H29NS.C23H26/c1-21(2)32-28(25-14-9-13-24(20-25)23-11-5-4-6-12-23)19-22(3)26-16-10-18-30-31(26)27-15-7-8-17-29(27)33-30;1-15-9-5-6-10-17(15)19-14-20-18-11-7-8-12-21(18)23(3,4)22(20)13-16(19)2/h4-5,7-11,13-20,26,31H,1,6,12H2,2-3H3;5-6,9-13,20H,7-8,14H2,1-4H3/b22-19+,32-28?;. The lowest BCUT2D eigenvalue weighted by Crippen LogP contribution is -2.16. The summed E-state index contributed by atoms with van der Waals surface area (Å²) in [4.78, 5) is 7.69. The molecule has 1 fully saturated rings. The Hall–Kier alpha value is -4.92. The van der Waals surface area contributed by atoms with E-state index in [1.165, 1.54) is 61.6 Å². The second-order valence-electron chi connectivity index (χ2n) is 16.8. The first kappa shape index (κ1) is 38.0. The van der Waals surface area contributed by atoms with Gasteiger partial charge < -0.3 is 0 Å². The van der Waals surface area contributed by atoms with Crippen LogP contribution in [0.2, 0.25) is 0 Å². The van der Waals surface area contributed by atoms with Crippen LogP contribution in [0.1, 0.15) is 100 Å². The Bertz CT molecular complexity index is 2410. The number of allylic oxidation sites excluding steroid dienone is 19. The summed E-state index contributed by atoms with van der Waals surface area (Å²) in [5.41, 5.74) is 19.3. The zero-order valence-electron chi connectivity index (χ0n) is 34.0. The minimum absolute atomic E-state index is 0.204. The van der Waals surface area contributed by atoms with Crippen molar-refractivity contribution in [2.45, 2.75) is 84.5 Å².